The molecule has 1 aromatic heterocycles. The Balaban J connectivity index is 1.24. The number of unbranched alkanes of at least 4 members (excludes halogenated alkanes) is 6. The topological polar surface area (TPSA) is 89.9 Å². The molecule has 0 saturated carbocycles. The van der Waals surface area contributed by atoms with E-state index in [-0.39, 0.29) is 33.5 Å². The van der Waals surface area contributed by atoms with Gasteiger partial charge in [0.25, 0.3) is 11.8 Å². The summed E-state index contributed by atoms with van der Waals surface area (Å²) < 4.78 is 0. The average Bonchev–Trinajstić information content (AvgIpc) is 3.84. The summed E-state index contributed by atoms with van der Waals surface area (Å²) in [6.45, 7) is 9.11. The van der Waals surface area contributed by atoms with Gasteiger partial charge >= 0.3 is 5.97 Å². The highest BCUT2D eigenvalue weighted by atomic mass is 32.1. The lowest BCUT2D eigenvalue weighted by Crippen LogP contribution is -2.55. The van der Waals surface area contributed by atoms with Crippen molar-refractivity contribution in [2.75, 3.05) is 18.4 Å². The van der Waals surface area contributed by atoms with Crippen molar-refractivity contribution in [3.05, 3.63) is 124 Å². The smallest absolute Gasteiger partial charge is 0.335 e. The predicted octanol–water partition coefficient (Wildman–Crippen LogP) is 13.1. The quantitative estimate of drug-likeness (QED) is 0.0395. The zero-order valence-corrected chi connectivity index (χ0v) is 36.8. The lowest BCUT2D eigenvalue weighted by Gasteiger charge is -2.35. The molecule has 0 unspecified atom stereocenters. The second-order valence-electron chi connectivity index (χ2n) is 16.0. The summed E-state index contributed by atoms with van der Waals surface area (Å²) in [5.41, 5.74) is 11.0. The molecule has 1 saturated heterocycles. The highest BCUT2D eigenvalue weighted by Gasteiger charge is 2.43. The van der Waals surface area contributed by atoms with E-state index in [9.17, 15) is 19.5 Å². The Bertz CT molecular complexity index is 2370. The van der Waals surface area contributed by atoms with Crippen molar-refractivity contribution in [3.63, 3.8) is 0 Å². The van der Waals surface area contributed by atoms with Crippen molar-refractivity contribution < 1.29 is 19.5 Å². The highest BCUT2D eigenvalue weighted by molar-refractivity contribution is 7.80. The van der Waals surface area contributed by atoms with Crippen LogP contribution in [0.15, 0.2) is 103 Å². The van der Waals surface area contributed by atoms with Crippen LogP contribution in [-0.2, 0) is 15.0 Å². The van der Waals surface area contributed by atoms with E-state index in [1.54, 1.807) is 41.7 Å². The maximum Gasteiger partial charge on any atom is 0.335 e. The third-order valence-corrected chi connectivity index (χ3v) is 13.7. The van der Waals surface area contributed by atoms with Gasteiger partial charge in [0.15, 0.2) is 5.11 Å². The molecule has 310 valence electrons. The van der Waals surface area contributed by atoms with Crippen LogP contribution in [-0.4, -0.2) is 50.9 Å². The minimum absolute atomic E-state index is 0.129. The molecule has 2 N–H and O–H groups in total. The molecule has 1 aliphatic heterocycles. The van der Waals surface area contributed by atoms with Crippen LogP contribution in [0.3, 0.4) is 0 Å². The van der Waals surface area contributed by atoms with Gasteiger partial charge < -0.3 is 10.4 Å². The number of benzene rings is 4. The van der Waals surface area contributed by atoms with Gasteiger partial charge in [0.2, 0.25) is 0 Å². The molecule has 2 heterocycles. The molecule has 2 aliphatic rings. The maximum atomic E-state index is 13.4. The fourth-order valence-electron chi connectivity index (χ4n) is 8.92. The number of carboxylic acids is 1. The molecule has 7 nitrogen and oxygen atoms in total. The minimum Gasteiger partial charge on any atom is -0.478 e. The van der Waals surface area contributed by atoms with E-state index in [0.717, 1.165) is 57.9 Å². The number of anilines is 2. The maximum absolute atomic E-state index is 13.4. The fourth-order valence-corrected chi connectivity index (χ4v) is 10.3. The van der Waals surface area contributed by atoms with Gasteiger partial charge in [-0.05, 0) is 145 Å². The lowest BCUT2D eigenvalue weighted by atomic mass is 9.70. The Hall–Kier alpha value is -5.38. The molecule has 9 heteroatoms. The van der Waals surface area contributed by atoms with Crippen LogP contribution in [0.2, 0.25) is 0 Å². The van der Waals surface area contributed by atoms with Gasteiger partial charge in [-0.25, -0.2) is 4.79 Å². The number of likely N-dealkylation sites (N-methyl/N-ethyl adjacent to an activating group) is 2. The highest BCUT2D eigenvalue weighted by Crippen LogP contribution is 2.56. The van der Waals surface area contributed by atoms with Gasteiger partial charge in [0.1, 0.15) is 5.57 Å². The molecule has 4 aromatic carbocycles. The molecular formula is C51H55N3O4S2. The van der Waals surface area contributed by atoms with E-state index in [4.69, 9.17) is 12.2 Å². The Morgan fingerprint density at radius 2 is 1.18 bits per heavy atom. The summed E-state index contributed by atoms with van der Waals surface area (Å²) in [6, 6.07) is 33.4. The van der Waals surface area contributed by atoms with Crippen LogP contribution in [0.1, 0.15) is 118 Å². The second kappa shape index (κ2) is 18.9. The first-order valence-corrected chi connectivity index (χ1v) is 22.8. The molecule has 60 heavy (non-hydrogen) atoms. The number of fused-ring (bicyclic) bond motifs is 3. The van der Waals surface area contributed by atoms with Crippen LogP contribution < -0.4 is 5.32 Å². The first kappa shape index (κ1) is 42.7. The number of carbonyl (C=O) groups excluding carboxylic acids is 2. The van der Waals surface area contributed by atoms with Gasteiger partial charge in [-0.15, -0.1) is 11.3 Å². The summed E-state index contributed by atoms with van der Waals surface area (Å²) in [7, 11) is 0. The van der Waals surface area contributed by atoms with E-state index in [0.29, 0.717) is 13.1 Å². The standard InChI is InChI=1S/C51H55N3O4S2/c1-5-9-11-13-29-51(30-14-12-10-6-2)44-31-36(34-15-21-38(22-16-34)52-39-23-17-35(18-24-39)49(57)58)19-26-41(44)42-27-20-37(32-45(42)51)46-28-25-40(60-46)33-43-47(55)53(7-3)50(59)54(8-4)48(43)56/h15-28,31-33,52H,5-14,29-30H2,1-4H3,(H,57,58). The van der Waals surface area contributed by atoms with Crippen LogP contribution >= 0.6 is 23.6 Å². The summed E-state index contributed by atoms with van der Waals surface area (Å²) in [4.78, 5) is 43.1. The number of carbonyl (C=O) groups is 3. The van der Waals surface area contributed by atoms with Crippen molar-refractivity contribution >= 4 is 63.9 Å². The molecule has 0 bridgehead atoms. The predicted molar refractivity (Wildman–Crippen MR) is 251 cm³/mol. The Morgan fingerprint density at radius 3 is 1.72 bits per heavy atom. The summed E-state index contributed by atoms with van der Waals surface area (Å²) in [6.07, 6.45) is 13.5. The number of thiocarbonyl (C=S) groups is 1. The fraction of sp³-hybridized carbons (Fsp3) is 0.333. The molecule has 0 radical (unpaired) electrons. The number of aromatic carboxylic acids is 1. The second-order valence-corrected chi connectivity index (χ2v) is 17.4. The number of carboxylic acid groups (broad SMARTS) is 1. The first-order valence-electron chi connectivity index (χ1n) is 21.6. The molecule has 2 amide bonds. The van der Waals surface area contributed by atoms with Gasteiger partial charge in [0, 0.05) is 39.6 Å². The van der Waals surface area contributed by atoms with Crippen LogP contribution in [0.5, 0.6) is 0 Å². The number of hydrogen-bond acceptors (Lipinski definition) is 6. The Kier molecular flexibility index (Phi) is 13.5. The van der Waals surface area contributed by atoms with Crippen molar-refractivity contribution in [3.8, 4) is 32.7 Å². The number of amides is 2. The first-order chi connectivity index (χ1) is 29.1. The van der Waals surface area contributed by atoms with E-state index in [1.807, 2.05) is 19.9 Å². The SMILES string of the molecule is CCCCCCC1(CCCCCC)c2cc(-c3ccc(Nc4ccc(C(=O)O)cc4)cc3)ccc2-c2ccc(-c3ccc(C=C4C(=O)N(CC)C(=S)N(CC)C4=O)s3)cc21. The van der Waals surface area contributed by atoms with Gasteiger partial charge in [0.05, 0.1) is 5.56 Å². The third kappa shape index (κ3) is 8.61. The van der Waals surface area contributed by atoms with Crippen LogP contribution in [0.25, 0.3) is 38.8 Å². The molecule has 7 rings (SSSR count). The van der Waals surface area contributed by atoms with Crippen LogP contribution in [0, 0.1) is 0 Å². The monoisotopic (exact) mass is 837 g/mol. The van der Waals surface area contributed by atoms with E-state index in [2.05, 4.69) is 85.9 Å². The number of hydrogen-bond donors (Lipinski definition) is 2. The van der Waals surface area contributed by atoms with Crippen molar-refractivity contribution in [1.82, 2.24) is 9.80 Å². The van der Waals surface area contributed by atoms with Gasteiger partial charge in [-0.3, -0.25) is 19.4 Å². The van der Waals surface area contributed by atoms with Gasteiger partial charge in [-0.1, -0.05) is 102 Å². The molecule has 1 fully saturated rings. The van der Waals surface area contributed by atoms with E-state index >= 15 is 0 Å². The molecule has 1 aliphatic carbocycles. The Labute approximate surface area is 364 Å². The van der Waals surface area contributed by atoms with Crippen molar-refractivity contribution in [2.45, 2.75) is 97.3 Å². The number of nitrogens with zero attached hydrogens (tertiary/aromatic N) is 2. The van der Waals surface area contributed by atoms with Crippen LogP contribution in [0.4, 0.5) is 11.4 Å². The van der Waals surface area contributed by atoms with Gasteiger partial charge in [-0.2, -0.15) is 0 Å². The summed E-state index contributed by atoms with van der Waals surface area (Å²) in [5.74, 6) is -1.61. The Morgan fingerprint density at radius 1 is 0.667 bits per heavy atom. The van der Waals surface area contributed by atoms with E-state index < -0.39 is 5.97 Å². The number of nitrogens with one attached hydrogen (secondary N) is 1. The minimum atomic E-state index is -0.938. The lowest BCUT2D eigenvalue weighted by molar-refractivity contribution is -0.133. The van der Waals surface area contributed by atoms with E-state index in [1.165, 1.54) is 76.1 Å². The number of thiophene rings is 1. The average molecular weight is 838 g/mol. The molecule has 5 aromatic rings. The zero-order valence-electron chi connectivity index (χ0n) is 35.2. The normalized spacial score (nSPS) is 14.4. The molecule has 0 spiro atoms. The molecular weight excluding hydrogens is 783 g/mol. The van der Waals surface area contributed by atoms with Crippen molar-refractivity contribution in [1.29, 1.82) is 0 Å². The number of rotatable bonds is 18. The van der Waals surface area contributed by atoms with Crippen molar-refractivity contribution in [2.24, 2.45) is 0 Å². The third-order valence-electron chi connectivity index (χ3n) is 12.2. The largest absolute Gasteiger partial charge is 0.478 e. The summed E-state index contributed by atoms with van der Waals surface area (Å²) in [5, 5.41) is 13.0. The zero-order chi connectivity index (χ0) is 42.4. The molecule has 0 atom stereocenters. The summed E-state index contributed by atoms with van der Waals surface area (Å²) >= 11 is 7.09.